The van der Waals surface area contributed by atoms with Crippen LogP contribution in [-0.2, 0) is 4.79 Å². The number of anilines is 1. The average Bonchev–Trinajstić information content (AvgIpc) is 2.80. The number of nitrogens with one attached hydrogen (secondary N) is 1. The molecule has 0 saturated heterocycles. The van der Waals surface area contributed by atoms with Gasteiger partial charge in [-0.05, 0) is 19.4 Å². The van der Waals surface area contributed by atoms with E-state index in [0.29, 0.717) is 17.7 Å². The predicted molar refractivity (Wildman–Crippen MR) is 70.1 cm³/mol. The smallest absolute Gasteiger partial charge is 0.310 e. The highest BCUT2D eigenvalue weighted by molar-refractivity contribution is 5.73. The molecule has 1 aliphatic rings. The second-order valence-corrected chi connectivity index (χ2v) is 4.52. The molecule has 0 aromatic heterocycles. The number of carbonyl (C=O) groups is 1. The fourth-order valence-electron chi connectivity index (χ4n) is 2.17. The van der Waals surface area contributed by atoms with E-state index in [2.05, 4.69) is 5.32 Å². The lowest BCUT2D eigenvalue weighted by Crippen LogP contribution is -2.19. The van der Waals surface area contributed by atoms with Crippen molar-refractivity contribution in [2.45, 2.75) is 19.4 Å². The first kappa shape index (κ1) is 13.1. The summed E-state index contributed by atoms with van der Waals surface area (Å²) in [6.07, 6.45) is 3.89. The number of benzene rings is 1. The first-order chi connectivity index (χ1) is 8.99. The van der Waals surface area contributed by atoms with Gasteiger partial charge >= 0.3 is 5.97 Å². The van der Waals surface area contributed by atoms with Crippen LogP contribution in [0.25, 0.3) is 0 Å². The maximum absolute atomic E-state index is 10.8. The number of hydrogen-bond acceptors (Lipinski definition) is 4. The summed E-state index contributed by atoms with van der Waals surface area (Å²) in [5.74, 6) is -1.34. The Morgan fingerprint density at radius 1 is 1.47 bits per heavy atom. The minimum atomic E-state index is -0.851. The number of nitro groups is 1. The molecule has 6 nitrogen and oxygen atoms in total. The third kappa shape index (κ3) is 2.73. The summed E-state index contributed by atoms with van der Waals surface area (Å²) < 4.78 is 0. The number of carboxylic acid groups (broad SMARTS) is 1. The van der Waals surface area contributed by atoms with Crippen molar-refractivity contribution in [2.75, 3.05) is 5.32 Å². The van der Waals surface area contributed by atoms with Gasteiger partial charge < -0.3 is 10.4 Å². The van der Waals surface area contributed by atoms with Gasteiger partial charge in [-0.25, -0.2) is 0 Å². The Hall–Kier alpha value is -2.37. The van der Waals surface area contributed by atoms with Crippen LogP contribution in [0.5, 0.6) is 0 Å². The lowest BCUT2D eigenvalue weighted by Gasteiger charge is -2.15. The normalized spacial score (nSPS) is 21.3. The second-order valence-electron chi connectivity index (χ2n) is 4.52. The maximum atomic E-state index is 10.8. The van der Waals surface area contributed by atoms with Crippen LogP contribution in [0.3, 0.4) is 0 Å². The highest BCUT2D eigenvalue weighted by atomic mass is 16.6. The van der Waals surface area contributed by atoms with E-state index in [0.717, 1.165) is 0 Å². The quantitative estimate of drug-likeness (QED) is 0.493. The standard InChI is InChI=1S/C13H14N2O4/c1-8-11(3-2-4-12(8)15(18)19)14-10-6-5-9(7-10)13(16)17/h2-6,9-10,14H,7H2,1H3,(H,16,17). The first-order valence-electron chi connectivity index (χ1n) is 5.90. The molecule has 1 aliphatic carbocycles. The molecule has 0 amide bonds. The van der Waals surface area contributed by atoms with Gasteiger partial charge in [-0.2, -0.15) is 0 Å². The Bertz CT molecular complexity index is 554. The van der Waals surface area contributed by atoms with Crippen molar-refractivity contribution in [2.24, 2.45) is 5.92 Å². The number of hydrogen-bond donors (Lipinski definition) is 2. The van der Waals surface area contributed by atoms with E-state index in [1.807, 2.05) is 0 Å². The lowest BCUT2D eigenvalue weighted by molar-refractivity contribution is -0.385. The summed E-state index contributed by atoms with van der Waals surface area (Å²) in [5, 5.41) is 22.9. The molecule has 0 saturated carbocycles. The summed E-state index contributed by atoms with van der Waals surface area (Å²) in [6, 6.07) is 4.71. The highest BCUT2D eigenvalue weighted by Crippen LogP contribution is 2.28. The van der Waals surface area contributed by atoms with Crippen LogP contribution in [0.2, 0.25) is 0 Å². The van der Waals surface area contributed by atoms with Crippen LogP contribution in [0.1, 0.15) is 12.0 Å². The number of rotatable bonds is 4. The number of aliphatic carboxylic acids is 1. The molecule has 0 bridgehead atoms. The van der Waals surface area contributed by atoms with Gasteiger partial charge in [0.2, 0.25) is 0 Å². The van der Waals surface area contributed by atoms with Crippen LogP contribution >= 0.6 is 0 Å². The zero-order valence-electron chi connectivity index (χ0n) is 10.4. The van der Waals surface area contributed by atoms with Gasteiger partial charge in [-0.1, -0.05) is 18.2 Å². The largest absolute Gasteiger partial charge is 0.481 e. The fourth-order valence-corrected chi connectivity index (χ4v) is 2.17. The molecule has 2 atom stereocenters. The molecule has 2 rings (SSSR count). The Labute approximate surface area is 109 Å². The van der Waals surface area contributed by atoms with E-state index in [9.17, 15) is 14.9 Å². The fraction of sp³-hybridized carbons (Fsp3) is 0.308. The molecule has 0 aliphatic heterocycles. The van der Waals surface area contributed by atoms with E-state index < -0.39 is 16.8 Å². The maximum Gasteiger partial charge on any atom is 0.310 e. The second kappa shape index (κ2) is 5.09. The average molecular weight is 262 g/mol. The number of nitrogens with zero attached hydrogens (tertiary/aromatic N) is 1. The molecule has 0 radical (unpaired) electrons. The Kier molecular flexibility index (Phi) is 3.50. The molecule has 2 unspecified atom stereocenters. The molecule has 19 heavy (non-hydrogen) atoms. The molecule has 1 aromatic carbocycles. The molecule has 0 heterocycles. The highest BCUT2D eigenvalue weighted by Gasteiger charge is 2.25. The Morgan fingerprint density at radius 3 is 2.79 bits per heavy atom. The molecule has 1 aromatic rings. The van der Waals surface area contributed by atoms with Crippen LogP contribution in [0.15, 0.2) is 30.4 Å². The van der Waals surface area contributed by atoms with E-state index in [-0.39, 0.29) is 11.7 Å². The molecule has 100 valence electrons. The van der Waals surface area contributed by atoms with Crippen molar-refractivity contribution < 1.29 is 14.8 Å². The zero-order valence-corrected chi connectivity index (χ0v) is 10.4. The number of nitro benzene ring substituents is 1. The third-order valence-electron chi connectivity index (χ3n) is 3.24. The molecule has 2 N–H and O–H groups in total. The van der Waals surface area contributed by atoms with Gasteiger partial charge in [0, 0.05) is 23.4 Å². The van der Waals surface area contributed by atoms with Crippen LogP contribution in [-0.4, -0.2) is 22.0 Å². The van der Waals surface area contributed by atoms with E-state index in [1.165, 1.54) is 6.07 Å². The molecule has 0 spiro atoms. The summed E-state index contributed by atoms with van der Waals surface area (Å²) in [7, 11) is 0. The summed E-state index contributed by atoms with van der Waals surface area (Å²) in [5.41, 5.74) is 1.27. The summed E-state index contributed by atoms with van der Waals surface area (Å²) in [4.78, 5) is 21.3. The van der Waals surface area contributed by atoms with Gasteiger partial charge in [0.15, 0.2) is 0 Å². The third-order valence-corrected chi connectivity index (χ3v) is 3.24. The number of carboxylic acids is 1. The summed E-state index contributed by atoms with van der Waals surface area (Å²) >= 11 is 0. The van der Waals surface area contributed by atoms with Crippen LogP contribution in [0, 0.1) is 23.0 Å². The van der Waals surface area contributed by atoms with Crippen molar-refractivity contribution in [3.63, 3.8) is 0 Å². The first-order valence-corrected chi connectivity index (χ1v) is 5.90. The van der Waals surface area contributed by atoms with E-state index in [1.54, 1.807) is 31.2 Å². The van der Waals surface area contributed by atoms with E-state index >= 15 is 0 Å². The summed E-state index contributed by atoms with van der Waals surface area (Å²) in [6.45, 7) is 1.67. The molecule has 0 fully saturated rings. The van der Waals surface area contributed by atoms with Gasteiger partial charge in [0.1, 0.15) is 0 Å². The van der Waals surface area contributed by atoms with Crippen molar-refractivity contribution in [3.8, 4) is 0 Å². The molecule has 6 heteroatoms. The van der Waals surface area contributed by atoms with Crippen LogP contribution < -0.4 is 5.32 Å². The van der Waals surface area contributed by atoms with Crippen molar-refractivity contribution in [1.82, 2.24) is 0 Å². The van der Waals surface area contributed by atoms with Gasteiger partial charge in [0.05, 0.1) is 10.8 Å². The van der Waals surface area contributed by atoms with E-state index in [4.69, 9.17) is 5.11 Å². The van der Waals surface area contributed by atoms with Crippen molar-refractivity contribution in [1.29, 1.82) is 0 Å². The van der Waals surface area contributed by atoms with Gasteiger partial charge in [-0.3, -0.25) is 14.9 Å². The van der Waals surface area contributed by atoms with Crippen LogP contribution in [0.4, 0.5) is 11.4 Å². The lowest BCUT2D eigenvalue weighted by atomic mass is 10.1. The van der Waals surface area contributed by atoms with Gasteiger partial charge in [-0.15, -0.1) is 0 Å². The van der Waals surface area contributed by atoms with Gasteiger partial charge in [0.25, 0.3) is 5.69 Å². The monoisotopic (exact) mass is 262 g/mol. The molecular weight excluding hydrogens is 248 g/mol. The Balaban J connectivity index is 2.13. The van der Waals surface area contributed by atoms with Crippen molar-refractivity contribution >= 4 is 17.3 Å². The minimum absolute atomic E-state index is 0.0572. The zero-order chi connectivity index (χ0) is 14.0. The van der Waals surface area contributed by atoms with Crippen molar-refractivity contribution in [3.05, 3.63) is 46.0 Å². The SMILES string of the molecule is Cc1c(NC2C=CC(C(=O)O)C2)cccc1[N+](=O)[O-]. The minimum Gasteiger partial charge on any atom is -0.481 e. The topological polar surface area (TPSA) is 92.5 Å². The Morgan fingerprint density at radius 2 is 2.21 bits per heavy atom. The molecular formula is C13H14N2O4. The predicted octanol–water partition coefficient (Wildman–Crippen LogP) is 2.34.